The number of hydrogen-bond acceptors (Lipinski definition) is 6. The lowest BCUT2D eigenvalue weighted by Gasteiger charge is -2.09. The lowest BCUT2D eigenvalue weighted by atomic mass is 10.1. The average molecular weight is 403 g/mol. The van der Waals surface area contributed by atoms with Crippen LogP contribution < -0.4 is 11.3 Å². The summed E-state index contributed by atoms with van der Waals surface area (Å²) in [5.74, 6) is 0.0664. The van der Waals surface area contributed by atoms with Crippen LogP contribution in [0, 0.1) is 0 Å². The van der Waals surface area contributed by atoms with Crippen LogP contribution in [0.15, 0.2) is 54.8 Å². The number of benzene rings is 2. The molecule has 136 valence electrons. The summed E-state index contributed by atoms with van der Waals surface area (Å²) in [6, 6.07) is 9.53. The van der Waals surface area contributed by atoms with Gasteiger partial charge in [0, 0.05) is 22.4 Å². The quantitative estimate of drug-likeness (QED) is 0.506. The molecule has 0 amide bonds. The fourth-order valence-corrected chi connectivity index (χ4v) is 3.13. The van der Waals surface area contributed by atoms with E-state index in [1.807, 2.05) is 0 Å². The molecule has 0 radical (unpaired) electrons. The van der Waals surface area contributed by atoms with E-state index in [0.717, 1.165) is 0 Å². The second kappa shape index (κ2) is 6.79. The maximum absolute atomic E-state index is 12.2. The number of nitrogens with zero attached hydrogens (tertiary/aromatic N) is 2. The third kappa shape index (κ3) is 3.46. The van der Waals surface area contributed by atoms with Crippen LogP contribution in [0.1, 0.15) is 24.6 Å². The first-order valence-corrected chi connectivity index (χ1v) is 8.86. The van der Waals surface area contributed by atoms with Crippen molar-refractivity contribution < 1.29 is 8.83 Å². The Kier molecular flexibility index (Phi) is 4.45. The summed E-state index contributed by atoms with van der Waals surface area (Å²) in [6.07, 6.45) is 0.222. The predicted molar refractivity (Wildman–Crippen MR) is 103 cm³/mol. The van der Waals surface area contributed by atoms with Crippen molar-refractivity contribution in [3.05, 3.63) is 79.1 Å². The molecule has 0 N–H and O–H groups in total. The number of halogens is 2. The Bertz CT molecular complexity index is 1300. The summed E-state index contributed by atoms with van der Waals surface area (Å²) in [5.41, 5.74) is -0.113. The highest BCUT2D eigenvalue weighted by Crippen LogP contribution is 2.22. The third-order valence-electron chi connectivity index (χ3n) is 4.15. The van der Waals surface area contributed by atoms with Crippen LogP contribution in [0.25, 0.3) is 21.8 Å². The summed E-state index contributed by atoms with van der Waals surface area (Å²) in [5, 5.41) is 1.64. The van der Waals surface area contributed by atoms with Crippen LogP contribution in [-0.4, -0.2) is 9.97 Å². The summed E-state index contributed by atoms with van der Waals surface area (Å²) in [4.78, 5) is 33.0. The zero-order chi connectivity index (χ0) is 19.1. The van der Waals surface area contributed by atoms with Crippen molar-refractivity contribution in [2.45, 2.75) is 19.3 Å². The van der Waals surface area contributed by atoms with Gasteiger partial charge in [0.2, 0.25) is 5.89 Å². The van der Waals surface area contributed by atoms with Gasteiger partial charge >= 0.3 is 11.3 Å². The van der Waals surface area contributed by atoms with Crippen LogP contribution in [0.2, 0.25) is 10.0 Å². The van der Waals surface area contributed by atoms with Crippen molar-refractivity contribution in [2.75, 3.05) is 0 Å². The lowest BCUT2D eigenvalue weighted by Crippen LogP contribution is -2.11. The Morgan fingerprint density at radius 1 is 0.889 bits per heavy atom. The largest absolute Gasteiger partial charge is 0.408 e. The van der Waals surface area contributed by atoms with Crippen LogP contribution >= 0.6 is 23.2 Å². The van der Waals surface area contributed by atoms with E-state index >= 15 is 0 Å². The highest BCUT2D eigenvalue weighted by molar-refractivity contribution is 6.31. The summed E-state index contributed by atoms with van der Waals surface area (Å²) in [6.45, 7) is 1.80. The highest BCUT2D eigenvalue weighted by atomic mass is 35.5. The maximum atomic E-state index is 12.2. The Morgan fingerprint density at radius 3 is 2.07 bits per heavy atom. The first kappa shape index (κ1) is 17.7. The van der Waals surface area contributed by atoms with Crippen LogP contribution in [0.3, 0.4) is 0 Å². The minimum atomic E-state index is -0.502. The van der Waals surface area contributed by atoms with Crippen LogP contribution in [0.4, 0.5) is 0 Å². The molecule has 8 heteroatoms. The first-order valence-electron chi connectivity index (χ1n) is 8.10. The van der Waals surface area contributed by atoms with Crippen molar-refractivity contribution in [3.8, 4) is 0 Å². The molecule has 4 rings (SSSR count). The fraction of sp³-hybridized carbons (Fsp3) is 0.158. The van der Waals surface area contributed by atoms with Gasteiger partial charge in [-0.3, -0.25) is 0 Å². The molecule has 0 saturated carbocycles. The molecule has 0 saturated heterocycles. The van der Waals surface area contributed by atoms with Gasteiger partial charge in [0.15, 0.2) is 5.89 Å². The van der Waals surface area contributed by atoms with E-state index in [-0.39, 0.29) is 24.1 Å². The standard InChI is InChI=1S/C19H12Cl2N2O4/c1-9(17-23-15-8-11(21)3-5-13(15)19(25)27-17)6-16-22-14-7-10(20)2-4-12(14)18(24)26-16/h2-5,7-9H,6H2,1H3. The number of fused-ring (bicyclic) bond motifs is 2. The van der Waals surface area contributed by atoms with E-state index in [0.29, 0.717) is 31.9 Å². The summed E-state index contributed by atoms with van der Waals surface area (Å²) >= 11 is 11.9. The maximum Gasteiger partial charge on any atom is 0.346 e. The monoisotopic (exact) mass is 402 g/mol. The molecule has 2 aromatic carbocycles. The first-order chi connectivity index (χ1) is 12.9. The predicted octanol–water partition coefficient (Wildman–Crippen LogP) is 4.34. The SMILES string of the molecule is CC(Cc1nc2cc(Cl)ccc2c(=O)o1)c1nc2cc(Cl)ccc2c(=O)o1. The number of rotatable bonds is 3. The molecule has 2 heterocycles. The van der Waals surface area contributed by atoms with Crippen molar-refractivity contribution in [3.63, 3.8) is 0 Å². The molecule has 0 bridgehead atoms. The van der Waals surface area contributed by atoms with Gasteiger partial charge in [0.25, 0.3) is 0 Å². The molecular formula is C19H12Cl2N2O4. The van der Waals surface area contributed by atoms with E-state index in [1.165, 1.54) is 0 Å². The molecular weight excluding hydrogens is 391 g/mol. The average Bonchev–Trinajstić information content (AvgIpc) is 2.60. The van der Waals surface area contributed by atoms with E-state index in [9.17, 15) is 9.59 Å². The van der Waals surface area contributed by atoms with E-state index in [2.05, 4.69) is 9.97 Å². The van der Waals surface area contributed by atoms with E-state index in [1.54, 1.807) is 43.3 Å². The Balaban J connectivity index is 1.73. The second-order valence-electron chi connectivity index (χ2n) is 6.16. The molecule has 6 nitrogen and oxygen atoms in total. The van der Waals surface area contributed by atoms with E-state index < -0.39 is 11.3 Å². The van der Waals surface area contributed by atoms with Crippen LogP contribution in [-0.2, 0) is 6.42 Å². The molecule has 4 aromatic rings. The topological polar surface area (TPSA) is 86.2 Å². The summed E-state index contributed by atoms with van der Waals surface area (Å²) < 4.78 is 10.6. The Morgan fingerprint density at radius 2 is 1.44 bits per heavy atom. The van der Waals surface area contributed by atoms with Gasteiger partial charge in [-0.15, -0.1) is 0 Å². The van der Waals surface area contributed by atoms with Gasteiger partial charge in [-0.05, 0) is 36.4 Å². The molecule has 0 aliphatic carbocycles. The van der Waals surface area contributed by atoms with Gasteiger partial charge in [-0.25, -0.2) is 19.6 Å². The van der Waals surface area contributed by atoms with Crippen molar-refractivity contribution >= 4 is 45.0 Å². The fourth-order valence-electron chi connectivity index (χ4n) is 2.80. The number of hydrogen-bond donors (Lipinski definition) is 0. The molecule has 2 aromatic heterocycles. The third-order valence-corrected chi connectivity index (χ3v) is 4.62. The van der Waals surface area contributed by atoms with Gasteiger partial charge in [-0.2, -0.15) is 0 Å². The second-order valence-corrected chi connectivity index (χ2v) is 7.04. The van der Waals surface area contributed by atoms with Gasteiger partial charge < -0.3 is 8.83 Å². The van der Waals surface area contributed by atoms with E-state index in [4.69, 9.17) is 32.0 Å². The normalized spacial score (nSPS) is 12.6. The molecule has 0 aliphatic rings. The summed E-state index contributed by atoms with van der Waals surface area (Å²) in [7, 11) is 0. The number of aromatic nitrogens is 2. The van der Waals surface area contributed by atoms with Gasteiger partial charge in [-0.1, -0.05) is 30.1 Å². The molecule has 0 aliphatic heterocycles. The van der Waals surface area contributed by atoms with Gasteiger partial charge in [0.1, 0.15) is 0 Å². The van der Waals surface area contributed by atoms with Crippen molar-refractivity contribution in [1.82, 2.24) is 9.97 Å². The lowest BCUT2D eigenvalue weighted by molar-refractivity contribution is 0.381. The van der Waals surface area contributed by atoms with Crippen LogP contribution in [0.5, 0.6) is 0 Å². The zero-order valence-electron chi connectivity index (χ0n) is 14.0. The smallest absolute Gasteiger partial charge is 0.346 e. The molecule has 0 spiro atoms. The van der Waals surface area contributed by atoms with Gasteiger partial charge in [0.05, 0.1) is 21.8 Å². The molecule has 0 fully saturated rings. The van der Waals surface area contributed by atoms with Crippen molar-refractivity contribution in [1.29, 1.82) is 0 Å². The Hall–Kier alpha value is -2.70. The highest BCUT2D eigenvalue weighted by Gasteiger charge is 2.17. The molecule has 27 heavy (non-hydrogen) atoms. The molecule has 1 unspecified atom stereocenters. The minimum Gasteiger partial charge on any atom is -0.408 e. The molecule has 1 atom stereocenters. The zero-order valence-corrected chi connectivity index (χ0v) is 15.5. The minimum absolute atomic E-state index is 0.206. The Labute approximate surface area is 162 Å². The van der Waals surface area contributed by atoms with Crippen molar-refractivity contribution in [2.24, 2.45) is 0 Å².